The molecule has 2 atom stereocenters. The second kappa shape index (κ2) is 4.64. The topological polar surface area (TPSA) is 9.23 Å². The highest BCUT2D eigenvalue weighted by molar-refractivity contribution is 4.67. The van der Waals surface area contributed by atoms with Crippen LogP contribution in [0.1, 0.15) is 20.3 Å². The predicted octanol–water partition coefficient (Wildman–Crippen LogP) is 2.70. The smallest absolute Gasteiger partial charge is 0.363 e. The number of hydrogen-bond donors (Lipinski definition) is 0. The third-order valence-electron chi connectivity index (χ3n) is 1.48. The highest BCUT2D eigenvalue weighted by Crippen LogP contribution is 2.24. The molecule has 0 bridgehead atoms. The van der Waals surface area contributed by atoms with Crippen LogP contribution < -0.4 is 0 Å². The molecule has 0 radical (unpaired) electrons. The van der Waals surface area contributed by atoms with Crippen molar-refractivity contribution in [1.29, 1.82) is 0 Å². The Morgan fingerprint density at radius 3 is 2.08 bits per heavy atom. The minimum Gasteiger partial charge on any atom is -0.363 e. The molecular weight excluding hydrogens is 176 g/mol. The van der Waals surface area contributed by atoms with Crippen LogP contribution in [0.2, 0.25) is 0 Å². The number of rotatable bonds is 4. The fourth-order valence-corrected chi connectivity index (χ4v) is 0.578. The first kappa shape index (κ1) is 11.7. The Bertz CT molecular complexity index is 123. The molecule has 0 heterocycles. The molecule has 0 aromatic rings. The summed E-state index contributed by atoms with van der Waals surface area (Å²) in [5, 5.41) is 0. The Labute approximate surface area is 68.7 Å². The highest BCUT2D eigenvalue weighted by atomic mass is 19.4. The summed E-state index contributed by atoms with van der Waals surface area (Å²) in [5.74, 6) is 0. The molecule has 0 aliphatic heterocycles. The molecule has 0 aliphatic carbocycles. The molecule has 0 N–H and O–H groups in total. The lowest BCUT2D eigenvalue weighted by atomic mass is 10.3. The summed E-state index contributed by atoms with van der Waals surface area (Å²) in [7, 11) is 0. The minimum absolute atomic E-state index is 0.437. The van der Waals surface area contributed by atoms with Crippen LogP contribution in [0.5, 0.6) is 0 Å². The quantitative estimate of drug-likeness (QED) is 0.616. The molecule has 0 amide bonds. The number of alkyl halides is 4. The number of hydrogen-bond acceptors (Lipinski definition) is 1. The summed E-state index contributed by atoms with van der Waals surface area (Å²) in [6.45, 7) is 1.64. The van der Waals surface area contributed by atoms with Crippen molar-refractivity contribution in [3.8, 4) is 0 Å². The zero-order valence-electron chi connectivity index (χ0n) is 6.99. The Hall–Kier alpha value is -0.320. The van der Waals surface area contributed by atoms with E-state index in [0.717, 1.165) is 0 Å². The van der Waals surface area contributed by atoms with E-state index in [0.29, 0.717) is 6.42 Å². The monoisotopic (exact) mass is 188 g/mol. The SMILES string of the molecule is CCC(C)OC(CF)C(F)(F)F. The van der Waals surface area contributed by atoms with E-state index in [-0.39, 0.29) is 0 Å². The summed E-state index contributed by atoms with van der Waals surface area (Å²) >= 11 is 0. The Kier molecular flexibility index (Phi) is 4.52. The first-order valence-electron chi connectivity index (χ1n) is 3.70. The molecular formula is C7H12F4O. The third kappa shape index (κ3) is 3.90. The normalized spacial score (nSPS) is 17.5. The molecule has 0 aliphatic rings. The predicted molar refractivity (Wildman–Crippen MR) is 36.7 cm³/mol. The lowest BCUT2D eigenvalue weighted by Gasteiger charge is -2.21. The number of halogens is 4. The molecule has 0 fully saturated rings. The van der Waals surface area contributed by atoms with Crippen LogP contribution in [-0.2, 0) is 4.74 Å². The lowest BCUT2D eigenvalue weighted by molar-refractivity contribution is -0.234. The highest BCUT2D eigenvalue weighted by Gasteiger charge is 2.41. The van der Waals surface area contributed by atoms with Crippen LogP contribution in [0.4, 0.5) is 17.6 Å². The van der Waals surface area contributed by atoms with Crippen LogP contribution in [0.25, 0.3) is 0 Å². The first-order valence-corrected chi connectivity index (χ1v) is 3.70. The third-order valence-corrected chi connectivity index (χ3v) is 1.48. The van der Waals surface area contributed by atoms with Crippen molar-refractivity contribution >= 4 is 0 Å². The van der Waals surface area contributed by atoms with Crippen molar-refractivity contribution in [2.75, 3.05) is 6.67 Å². The molecule has 1 nitrogen and oxygen atoms in total. The molecule has 12 heavy (non-hydrogen) atoms. The van der Waals surface area contributed by atoms with Crippen molar-refractivity contribution in [1.82, 2.24) is 0 Å². The van der Waals surface area contributed by atoms with Gasteiger partial charge in [0.05, 0.1) is 6.10 Å². The van der Waals surface area contributed by atoms with E-state index < -0.39 is 25.1 Å². The van der Waals surface area contributed by atoms with Crippen molar-refractivity contribution in [3.63, 3.8) is 0 Å². The second-order valence-corrected chi connectivity index (χ2v) is 2.54. The minimum atomic E-state index is -4.60. The summed E-state index contributed by atoms with van der Waals surface area (Å²) in [6, 6.07) is 0. The van der Waals surface area contributed by atoms with E-state index in [2.05, 4.69) is 4.74 Å². The van der Waals surface area contributed by atoms with Crippen LogP contribution in [-0.4, -0.2) is 25.1 Å². The van der Waals surface area contributed by atoms with Gasteiger partial charge >= 0.3 is 6.18 Å². The molecule has 0 aromatic carbocycles. The Morgan fingerprint density at radius 1 is 1.33 bits per heavy atom. The zero-order chi connectivity index (χ0) is 9.78. The molecule has 74 valence electrons. The van der Waals surface area contributed by atoms with E-state index in [1.807, 2.05) is 0 Å². The molecule has 5 heteroatoms. The maximum Gasteiger partial charge on any atom is 0.417 e. The van der Waals surface area contributed by atoms with Gasteiger partial charge in [0.15, 0.2) is 6.10 Å². The molecule has 0 aromatic heterocycles. The van der Waals surface area contributed by atoms with Gasteiger partial charge in [-0.25, -0.2) is 4.39 Å². The van der Waals surface area contributed by atoms with Crippen molar-refractivity contribution in [2.24, 2.45) is 0 Å². The van der Waals surface area contributed by atoms with E-state index in [9.17, 15) is 17.6 Å². The van der Waals surface area contributed by atoms with Crippen molar-refractivity contribution in [2.45, 2.75) is 38.7 Å². The maximum absolute atomic E-state index is 11.9. The van der Waals surface area contributed by atoms with Crippen LogP contribution in [0, 0.1) is 0 Å². The van der Waals surface area contributed by atoms with Crippen molar-refractivity contribution < 1.29 is 22.3 Å². The maximum atomic E-state index is 11.9. The summed E-state index contributed by atoms with van der Waals surface area (Å²) in [5.41, 5.74) is 0. The Balaban J connectivity index is 4.00. The van der Waals surface area contributed by atoms with Gasteiger partial charge in [0.2, 0.25) is 0 Å². The van der Waals surface area contributed by atoms with Gasteiger partial charge in [-0.1, -0.05) is 6.92 Å². The van der Waals surface area contributed by atoms with Gasteiger partial charge in [-0.15, -0.1) is 0 Å². The van der Waals surface area contributed by atoms with Gasteiger partial charge < -0.3 is 4.74 Å². The van der Waals surface area contributed by atoms with Gasteiger partial charge in [-0.3, -0.25) is 0 Å². The summed E-state index contributed by atoms with van der Waals surface area (Å²) < 4.78 is 51.8. The largest absolute Gasteiger partial charge is 0.417 e. The van der Waals surface area contributed by atoms with Crippen LogP contribution >= 0.6 is 0 Å². The number of ether oxygens (including phenoxy) is 1. The first-order chi connectivity index (χ1) is 5.41. The van der Waals surface area contributed by atoms with Gasteiger partial charge in [0, 0.05) is 0 Å². The van der Waals surface area contributed by atoms with Crippen molar-refractivity contribution in [3.05, 3.63) is 0 Å². The van der Waals surface area contributed by atoms with E-state index in [4.69, 9.17) is 0 Å². The summed E-state index contributed by atoms with van der Waals surface area (Å²) in [4.78, 5) is 0. The van der Waals surface area contributed by atoms with E-state index in [1.165, 1.54) is 6.92 Å². The van der Waals surface area contributed by atoms with Crippen LogP contribution in [0.3, 0.4) is 0 Å². The van der Waals surface area contributed by atoms with Crippen LogP contribution in [0.15, 0.2) is 0 Å². The molecule has 0 saturated heterocycles. The van der Waals surface area contributed by atoms with Gasteiger partial charge in [-0.05, 0) is 13.3 Å². The van der Waals surface area contributed by atoms with E-state index >= 15 is 0 Å². The summed E-state index contributed by atoms with van der Waals surface area (Å²) in [6.07, 6.45) is -7.00. The van der Waals surface area contributed by atoms with Gasteiger partial charge in [0.1, 0.15) is 6.67 Å². The van der Waals surface area contributed by atoms with Gasteiger partial charge in [0.25, 0.3) is 0 Å². The standard InChI is InChI=1S/C7H12F4O/c1-3-5(2)12-6(4-8)7(9,10)11/h5-6H,3-4H2,1-2H3. The molecule has 0 saturated carbocycles. The molecule has 0 spiro atoms. The lowest BCUT2D eigenvalue weighted by Crippen LogP contribution is -2.36. The fraction of sp³-hybridized carbons (Fsp3) is 1.00. The van der Waals surface area contributed by atoms with Gasteiger partial charge in [-0.2, -0.15) is 13.2 Å². The van der Waals surface area contributed by atoms with E-state index in [1.54, 1.807) is 6.92 Å². The average Bonchev–Trinajstić information content (AvgIpc) is 1.97. The average molecular weight is 188 g/mol. The fourth-order valence-electron chi connectivity index (χ4n) is 0.578. The molecule has 2 unspecified atom stereocenters. The zero-order valence-corrected chi connectivity index (χ0v) is 6.99. The molecule has 0 rings (SSSR count). The Morgan fingerprint density at radius 2 is 1.83 bits per heavy atom. The second-order valence-electron chi connectivity index (χ2n) is 2.54.